The van der Waals surface area contributed by atoms with Gasteiger partial charge in [-0.25, -0.2) is 0 Å². The highest BCUT2D eigenvalue weighted by Crippen LogP contribution is 2.03. The average molecular weight is 144 g/mol. The van der Waals surface area contributed by atoms with Crippen LogP contribution in [0.3, 0.4) is 0 Å². The second-order valence-electron chi connectivity index (χ2n) is 2.19. The summed E-state index contributed by atoms with van der Waals surface area (Å²) in [6, 6.07) is 0. The molecule has 1 rings (SSSR count). The fourth-order valence-electron chi connectivity index (χ4n) is 0.705. The number of halogens is 1. The van der Waals surface area contributed by atoms with Crippen molar-refractivity contribution < 1.29 is 0 Å². The minimum atomic E-state index is 0.587. The highest BCUT2D eigenvalue weighted by Gasteiger charge is 1.97. The number of hydrogen-bond donors (Lipinski definition) is 1. The molecule has 0 aromatic rings. The topological polar surface area (TPSA) is 12.0 Å². The van der Waals surface area contributed by atoms with Crippen LogP contribution in [0.15, 0.2) is 23.4 Å². The van der Waals surface area contributed by atoms with Crippen LogP contribution in [0.5, 0.6) is 0 Å². The Labute approximate surface area is 60.4 Å². The molecular formula is C7H10ClN. The molecule has 0 aliphatic carbocycles. The van der Waals surface area contributed by atoms with Crippen molar-refractivity contribution >= 4 is 11.6 Å². The predicted molar refractivity (Wildman–Crippen MR) is 40.6 cm³/mol. The van der Waals surface area contributed by atoms with E-state index in [1.165, 1.54) is 5.57 Å². The lowest BCUT2D eigenvalue weighted by atomic mass is 10.2. The van der Waals surface area contributed by atoms with Gasteiger partial charge >= 0.3 is 0 Å². The van der Waals surface area contributed by atoms with Crippen LogP contribution in [-0.4, -0.2) is 12.4 Å². The van der Waals surface area contributed by atoms with Crippen LogP contribution in [0.1, 0.15) is 6.92 Å². The Kier molecular flexibility index (Phi) is 2.17. The van der Waals surface area contributed by atoms with Crippen LogP contribution < -0.4 is 5.32 Å². The molecule has 0 atom stereocenters. The van der Waals surface area contributed by atoms with Crippen molar-refractivity contribution in [2.45, 2.75) is 6.92 Å². The molecule has 1 N–H and O–H groups in total. The quantitative estimate of drug-likeness (QED) is 0.551. The molecule has 0 radical (unpaired) electrons. The fourth-order valence-corrected chi connectivity index (χ4v) is 0.889. The maximum Gasteiger partial charge on any atom is 0.0621 e. The molecule has 1 aliphatic heterocycles. The van der Waals surface area contributed by atoms with Gasteiger partial charge in [0, 0.05) is 12.2 Å². The van der Waals surface area contributed by atoms with Gasteiger partial charge in [0.05, 0.1) is 5.88 Å². The Hall–Kier alpha value is -0.430. The minimum Gasteiger partial charge on any atom is -0.384 e. The molecule has 0 spiro atoms. The van der Waals surface area contributed by atoms with Crippen molar-refractivity contribution in [2.75, 3.05) is 12.4 Å². The Bertz CT molecular complexity index is 158. The third-order valence-corrected chi connectivity index (χ3v) is 1.60. The van der Waals surface area contributed by atoms with Crippen LogP contribution >= 0.6 is 11.6 Å². The zero-order chi connectivity index (χ0) is 6.69. The van der Waals surface area contributed by atoms with E-state index in [2.05, 4.69) is 18.3 Å². The van der Waals surface area contributed by atoms with Gasteiger partial charge in [-0.1, -0.05) is 11.6 Å². The Morgan fingerprint density at radius 1 is 1.67 bits per heavy atom. The molecule has 1 nitrogen and oxygen atoms in total. The summed E-state index contributed by atoms with van der Waals surface area (Å²) in [5.41, 5.74) is 2.46. The van der Waals surface area contributed by atoms with E-state index in [1.54, 1.807) is 0 Å². The first-order valence-corrected chi connectivity index (χ1v) is 3.52. The maximum absolute atomic E-state index is 5.57. The molecular weight excluding hydrogens is 134 g/mol. The third-order valence-electron chi connectivity index (χ3n) is 1.31. The third kappa shape index (κ3) is 1.75. The SMILES string of the molecule is CC1=CC=C(CCl)NC1. The summed E-state index contributed by atoms with van der Waals surface area (Å²) in [4.78, 5) is 0. The van der Waals surface area contributed by atoms with E-state index in [9.17, 15) is 0 Å². The molecule has 1 aliphatic rings. The van der Waals surface area contributed by atoms with Gasteiger partial charge in [-0.15, -0.1) is 11.6 Å². The normalized spacial score (nSPS) is 18.0. The van der Waals surface area contributed by atoms with E-state index in [4.69, 9.17) is 11.6 Å². The number of hydrogen-bond acceptors (Lipinski definition) is 1. The second kappa shape index (κ2) is 2.92. The van der Waals surface area contributed by atoms with Gasteiger partial charge in [0.25, 0.3) is 0 Å². The number of rotatable bonds is 1. The zero-order valence-electron chi connectivity index (χ0n) is 5.45. The van der Waals surface area contributed by atoms with Crippen molar-refractivity contribution in [3.05, 3.63) is 23.4 Å². The highest BCUT2D eigenvalue weighted by molar-refractivity contribution is 6.19. The van der Waals surface area contributed by atoms with Gasteiger partial charge in [0.1, 0.15) is 0 Å². The molecule has 1 heterocycles. The van der Waals surface area contributed by atoms with Gasteiger partial charge < -0.3 is 5.32 Å². The monoisotopic (exact) mass is 143 g/mol. The lowest BCUT2D eigenvalue weighted by molar-refractivity contribution is 0.856. The van der Waals surface area contributed by atoms with Gasteiger partial charge in [0.2, 0.25) is 0 Å². The minimum absolute atomic E-state index is 0.587. The standard InChI is InChI=1S/C7H10ClN/c1-6-2-3-7(4-8)9-5-6/h2-3,9H,4-5H2,1H3. The summed E-state index contributed by atoms with van der Waals surface area (Å²) in [6.07, 6.45) is 4.11. The predicted octanol–water partition coefficient (Wildman–Crippen LogP) is 1.66. The van der Waals surface area contributed by atoms with Crippen LogP contribution in [-0.2, 0) is 0 Å². The van der Waals surface area contributed by atoms with Crippen LogP contribution in [0.2, 0.25) is 0 Å². The lowest BCUT2D eigenvalue weighted by Crippen LogP contribution is -2.19. The van der Waals surface area contributed by atoms with Crippen molar-refractivity contribution in [1.29, 1.82) is 0 Å². The lowest BCUT2D eigenvalue weighted by Gasteiger charge is -2.11. The van der Waals surface area contributed by atoms with E-state index in [0.29, 0.717) is 5.88 Å². The average Bonchev–Trinajstić information content (AvgIpc) is 1.90. The second-order valence-corrected chi connectivity index (χ2v) is 2.46. The molecule has 9 heavy (non-hydrogen) atoms. The van der Waals surface area contributed by atoms with E-state index in [0.717, 1.165) is 12.2 Å². The van der Waals surface area contributed by atoms with Crippen molar-refractivity contribution in [2.24, 2.45) is 0 Å². The zero-order valence-corrected chi connectivity index (χ0v) is 6.20. The summed E-state index contributed by atoms with van der Waals surface area (Å²) in [5, 5.41) is 3.18. The number of alkyl halides is 1. The van der Waals surface area contributed by atoms with Gasteiger partial charge in [-0.3, -0.25) is 0 Å². The van der Waals surface area contributed by atoms with Crippen LogP contribution in [0.25, 0.3) is 0 Å². The first-order chi connectivity index (χ1) is 4.33. The molecule has 0 aromatic carbocycles. The first-order valence-electron chi connectivity index (χ1n) is 2.99. The van der Waals surface area contributed by atoms with E-state index in [1.807, 2.05) is 6.08 Å². The van der Waals surface area contributed by atoms with Crippen molar-refractivity contribution in [3.8, 4) is 0 Å². The molecule has 0 amide bonds. The Morgan fingerprint density at radius 3 is 2.89 bits per heavy atom. The van der Waals surface area contributed by atoms with Crippen molar-refractivity contribution in [1.82, 2.24) is 5.32 Å². The molecule has 0 saturated carbocycles. The highest BCUT2D eigenvalue weighted by atomic mass is 35.5. The summed E-state index contributed by atoms with van der Waals surface area (Å²) < 4.78 is 0. The summed E-state index contributed by atoms with van der Waals surface area (Å²) in [5.74, 6) is 0.587. The Balaban J connectivity index is 2.59. The smallest absolute Gasteiger partial charge is 0.0621 e. The van der Waals surface area contributed by atoms with Crippen molar-refractivity contribution in [3.63, 3.8) is 0 Å². The maximum atomic E-state index is 5.57. The van der Waals surface area contributed by atoms with Crippen LogP contribution in [0.4, 0.5) is 0 Å². The number of dihydropyridines is 1. The summed E-state index contributed by atoms with van der Waals surface area (Å²) in [7, 11) is 0. The van der Waals surface area contributed by atoms with E-state index >= 15 is 0 Å². The molecule has 2 heteroatoms. The fraction of sp³-hybridized carbons (Fsp3) is 0.429. The molecule has 0 fully saturated rings. The number of allylic oxidation sites excluding steroid dienone is 3. The largest absolute Gasteiger partial charge is 0.384 e. The van der Waals surface area contributed by atoms with Gasteiger partial charge in [0.15, 0.2) is 0 Å². The molecule has 0 aromatic heterocycles. The molecule has 0 saturated heterocycles. The van der Waals surface area contributed by atoms with E-state index in [-0.39, 0.29) is 0 Å². The first kappa shape index (κ1) is 6.69. The molecule has 50 valence electrons. The van der Waals surface area contributed by atoms with E-state index < -0.39 is 0 Å². The summed E-state index contributed by atoms with van der Waals surface area (Å²) >= 11 is 5.57. The molecule has 0 bridgehead atoms. The van der Waals surface area contributed by atoms with Gasteiger partial charge in [-0.2, -0.15) is 0 Å². The molecule has 0 unspecified atom stereocenters. The van der Waals surface area contributed by atoms with Crippen LogP contribution in [0, 0.1) is 0 Å². The number of nitrogens with one attached hydrogen (secondary N) is 1. The Morgan fingerprint density at radius 2 is 2.44 bits per heavy atom. The summed E-state index contributed by atoms with van der Waals surface area (Å²) in [6.45, 7) is 3.03. The van der Waals surface area contributed by atoms with Gasteiger partial charge in [-0.05, 0) is 13.0 Å².